The second-order valence-electron chi connectivity index (χ2n) is 7.19. The molecule has 6 nitrogen and oxygen atoms in total. The predicted molar refractivity (Wildman–Crippen MR) is 116 cm³/mol. The normalized spacial score (nSPS) is 11.3. The molecular weight excluding hydrogens is 414 g/mol. The number of carbonyl (C=O) groups excluding carboxylic acids is 1. The highest BCUT2D eigenvalue weighted by Crippen LogP contribution is 2.14. The molecule has 0 amide bonds. The van der Waals surface area contributed by atoms with Crippen molar-refractivity contribution in [1.82, 2.24) is 19.5 Å². The van der Waals surface area contributed by atoms with Gasteiger partial charge < -0.3 is 0 Å². The smallest absolute Gasteiger partial charge is 0.264 e. The Hall–Kier alpha value is -4.07. The van der Waals surface area contributed by atoms with Crippen molar-refractivity contribution in [1.29, 1.82) is 0 Å². The van der Waals surface area contributed by atoms with Gasteiger partial charge in [0, 0.05) is 24.2 Å². The number of hydrogen-bond acceptors (Lipinski definition) is 5. The molecule has 8 heteroatoms. The molecule has 160 valence electrons. The Bertz CT molecular complexity index is 1380. The maximum Gasteiger partial charge on any atom is 0.264 e. The lowest BCUT2D eigenvalue weighted by Crippen LogP contribution is -2.27. The molecule has 0 fully saturated rings. The first-order valence-electron chi connectivity index (χ1n) is 9.89. The van der Waals surface area contributed by atoms with E-state index in [-0.39, 0.29) is 24.3 Å². The average molecular weight is 432 g/mol. The molecule has 2 aromatic carbocycles. The number of rotatable bonds is 7. The van der Waals surface area contributed by atoms with Crippen LogP contribution in [0, 0.1) is 11.6 Å². The van der Waals surface area contributed by atoms with Gasteiger partial charge in [-0.25, -0.2) is 23.7 Å². The second-order valence-corrected chi connectivity index (χ2v) is 7.19. The van der Waals surface area contributed by atoms with Crippen molar-refractivity contribution < 1.29 is 13.6 Å². The van der Waals surface area contributed by atoms with Crippen LogP contribution in [0.3, 0.4) is 0 Å². The van der Waals surface area contributed by atoms with E-state index in [1.165, 1.54) is 29.5 Å². The van der Waals surface area contributed by atoms with Crippen LogP contribution in [0.15, 0.2) is 72.3 Å². The van der Waals surface area contributed by atoms with Crippen molar-refractivity contribution in [3.05, 3.63) is 106 Å². The lowest BCUT2D eigenvalue weighted by molar-refractivity contribution is 0.0981. The molecule has 0 radical (unpaired) electrons. The molecule has 2 aromatic heterocycles. The van der Waals surface area contributed by atoms with Gasteiger partial charge in [0.2, 0.25) is 0 Å². The zero-order valence-corrected chi connectivity index (χ0v) is 16.9. The first-order valence-corrected chi connectivity index (χ1v) is 9.89. The molecule has 2 heterocycles. The van der Waals surface area contributed by atoms with Crippen molar-refractivity contribution >= 4 is 22.8 Å². The summed E-state index contributed by atoms with van der Waals surface area (Å²) in [5.41, 5.74) is 1.64. The Balaban J connectivity index is 1.41. The number of hydrogen-bond donors (Lipinski definition) is 0. The maximum absolute atomic E-state index is 13.4. The van der Waals surface area contributed by atoms with Crippen LogP contribution in [0.1, 0.15) is 34.3 Å². The van der Waals surface area contributed by atoms with Crippen molar-refractivity contribution in [2.75, 3.05) is 0 Å². The number of nitrogens with zero attached hydrogens (tertiary/aromatic N) is 4. The summed E-state index contributed by atoms with van der Waals surface area (Å²) in [6.45, 7) is -0.0181. The van der Waals surface area contributed by atoms with Crippen LogP contribution in [0.5, 0.6) is 0 Å². The van der Waals surface area contributed by atoms with E-state index in [1.54, 1.807) is 6.20 Å². The Kier molecular flexibility index (Phi) is 6.21. The monoisotopic (exact) mass is 432 g/mol. The molecule has 0 saturated carbocycles. The zero-order valence-electron chi connectivity index (χ0n) is 16.9. The summed E-state index contributed by atoms with van der Waals surface area (Å²) in [5.74, 6) is -2.30. The number of carbonyl (C=O) groups is 1. The van der Waals surface area contributed by atoms with Crippen molar-refractivity contribution in [3.63, 3.8) is 0 Å². The maximum atomic E-state index is 13.4. The summed E-state index contributed by atoms with van der Waals surface area (Å²) in [4.78, 5) is 37.3. The zero-order chi connectivity index (χ0) is 22.5. The van der Waals surface area contributed by atoms with Crippen molar-refractivity contribution in [3.8, 4) is 0 Å². The molecule has 0 spiro atoms. The van der Waals surface area contributed by atoms with Crippen LogP contribution in [0.25, 0.3) is 17.0 Å². The lowest BCUT2D eigenvalue weighted by atomic mass is 10.1. The first-order chi connectivity index (χ1) is 15.5. The molecule has 0 unspecified atom stereocenters. The summed E-state index contributed by atoms with van der Waals surface area (Å²) >= 11 is 0. The fraction of sp³-hybridized carbons (Fsp3) is 0.125. The first kappa shape index (κ1) is 21.2. The van der Waals surface area contributed by atoms with E-state index >= 15 is 0 Å². The second kappa shape index (κ2) is 9.38. The van der Waals surface area contributed by atoms with Gasteiger partial charge in [-0.3, -0.25) is 14.2 Å². The van der Waals surface area contributed by atoms with Gasteiger partial charge in [0.05, 0.1) is 18.4 Å². The van der Waals surface area contributed by atoms with Gasteiger partial charge in [0.25, 0.3) is 5.56 Å². The topological polar surface area (TPSA) is 77.7 Å². The summed E-state index contributed by atoms with van der Waals surface area (Å²) in [6, 6.07) is 9.15. The fourth-order valence-corrected chi connectivity index (χ4v) is 3.26. The van der Waals surface area contributed by atoms with E-state index < -0.39 is 17.2 Å². The van der Waals surface area contributed by atoms with Gasteiger partial charge in [0.15, 0.2) is 17.4 Å². The Labute approximate surface area is 181 Å². The van der Waals surface area contributed by atoms with E-state index in [9.17, 15) is 18.4 Å². The Morgan fingerprint density at radius 2 is 1.91 bits per heavy atom. The number of ketones is 1. The molecule has 4 aromatic rings. The molecule has 4 rings (SSSR count). The minimum absolute atomic E-state index is 0.0181. The predicted octanol–water partition coefficient (Wildman–Crippen LogP) is 4.19. The Morgan fingerprint density at radius 3 is 2.75 bits per heavy atom. The summed E-state index contributed by atoms with van der Waals surface area (Å²) in [6.07, 6.45) is 10.1. The van der Waals surface area contributed by atoms with Gasteiger partial charge in [-0.1, -0.05) is 24.3 Å². The summed E-state index contributed by atoms with van der Waals surface area (Å²) < 4.78 is 27.7. The van der Waals surface area contributed by atoms with Crippen LogP contribution in [-0.4, -0.2) is 25.3 Å². The SMILES string of the molecule is O=C(CC/C=C/c1ccc2ncncc2c1)c1cncn(Cc2ccc(F)c(F)c2)c1=O. The van der Waals surface area contributed by atoms with Gasteiger partial charge in [-0.05, 0) is 41.8 Å². The van der Waals surface area contributed by atoms with Crippen molar-refractivity contribution in [2.24, 2.45) is 0 Å². The Morgan fingerprint density at radius 1 is 1.03 bits per heavy atom. The van der Waals surface area contributed by atoms with Crippen LogP contribution >= 0.6 is 0 Å². The molecule has 0 aliphatic heterocycles. The molecule has 0 saturated heterocycles. The number of Topliss-reactive ketones (excluding diaryl/α,β-unsaturated/α-hetero) is 1. The van der Waals surface area contributed by atoms with Crippen LogP contribution in [0.4, 0.5) is 8.78 Å². The third kappa shape index (κ3) is 4.80. The van der Waals surface area contributed by atoms with E-state index in [2.05, 4.69) is 15.0 Å². The number of fused-ring (bicyclic) bond motifs is 1. The summed E-state index contributed by atoms with van der Waals surface area (Å²) in [5, 5.41) is 0.919. The lowest BCUT2D eigenvalue weighted by Gasteiger charge is -2.07. The van der Waals surface area contributed by atoms with E-state index in [4.69, 9.17) is 0 Å². The molecule has 0 aliphatic rings. The standard InChI is InChI=1S/C24H18F2N4O2/c25-20-7-5-17(10-21(20)26)13-30-15-28-12-19(24(30)32)23(31)4-2-1-3-16-6-8-22-18(9-16)11-27-14-29-22/h1,3,5-12,14-15H,2,4,13H2/b3-1+. The largest absolute Gasteiger partial charge is 0.294 e. The minimum Gasteiger partial charge on any atom is -0.294 e. The number of allylic oxidation sites excluding steroid dienone is 1. The molecule has 0 aliphatic carbocycles. The van der Waals surface area contributed by atoms with E-state index in [0.717, 1.165) is 28.6 Å². The third-order valence-corrected chi connectivity index (χ3v) is 4.92. The molecule has 0 N–H and O–H groups in total. The number of benzene rings is 2. The van der Waals surface area contributed by atoms with Crippen LogP contribution in [-0.2, 0) is 6.54 Å². The molecular formula is C24H18F2N4O2. The summed E-state index contributed by atoms with van der Waals surface area (Å²) in [7, 11) is 0. The fourth-order valence-electron chi connectivity index (χ4n) is 3.26. The average Bonchev–Trinajstić information content (AvgIpc) is 2.80. The number of aromatic nitrogens is 4. The third-order valence-electron chi connectivity index (χ3n) is 4.92. The van der Waals surface area contributed by atoms with E-state index in [1.807, 2.05) is 30.4 Å². The number of halogens is 2. The van der Waals surface area contributed by atoms with Gasteiger partial charge in [-0.15, -0.1) is 0 Å². The highest BCUT2D eigenvalue weighted by molar-refractivity contribution is 5.95. The van der Waals surface area contributed by atoms with Crippen LogP contribution < -0.4 is 5.56 Å². The van der Waals surface area contributed by atoms with E-state index in [0.29, 0.717) is 12.0 Å². The molecule has 32 heavy (non-hydrogen) atoms. The highest BCUT2D eigenvalue weighted by atomic mass is 19.2. The van der Waals surface area contributed by atoms with Gasteiger partial charge in [0.1, 0.15) is 11.9 Å². The molecule has 0 atom stereocenters. The van der Waals surface area contributed by atoms with Crippen LogP contribution in [0.2, 0.25) is 0 Å². The van der Waals surface area contributed by atoms with Crippen molar-refractivity contribution in [2.45, 2.75) is 19.4 Å². The quantitative estimate of drug-likeness (QED) is 0.409. The van der Waals surface area contributed by atoms with Gasteiger partial charge >= 0.3 is 0 Å². The highest BCUT2D eigenvalue weighted by Gasteiger charge is 2.13. The minimum atomic E-state index is -0.999. The molecule has 0 bridgehead atoms. The van der Waals surface area contributed by atoms with Gasteiger partial charge in [-0.2, -0.15) is 0 Å².